The molecule has 0 radical (unpaired) electrons. The van der Waals surface area contributed by atoms with Gasteiger partial charge >= 0.3 is 0 Å². The van der Waals surface area contributed by atoms with Gasteiger partial charge < -0.3 is 9.84 Å². The number of sulfonamides is 1. The molecule has 0 aliphatic rings. The van der Waals surface area contributed by atoms with Crippen molar-refractivity contribution in [3.63, 3.8) is 0 Å². The molecule has 1 N–H and O–H groups in total. The molecule has 0 saturated heterocycles. The lowest BCUT2D eigenvalue weighted by Crippen LogP contribution is -2.35. The van der Waals surface area contributed by atoms with Crippen LogP contribution in [0.15, 0.2) is 0 Å². The SMILES string of the molecule is CCOCCS(=O)(=O)N(C)CC(C)O. The van der Waals surface area contributed by atoms with Crippen LogP contribution in [0.5, 0.6) is 0 Å². The number of hydrogen-bond donors (Lipinski definition) is 1. The molecule has 0 saturated carbocycles. The van der Waals surface area contributed by atoms with Crippen molar-refractivity contribution in [3.8, 4) is 0 Å². The fraction of sp³-hybridized carbons (Fsp3) is 1.00. The summed E-state index contributed by atoms with van der Waals surface area (Å²) in [6, 6.07) is 0. The van der Waals surface area contributed by atoms with Gasteiger partial charge in [-0.05, 0) is 13.8 Å². The first-order valence-electron chi connectivity index (χ1n) is 4.60. The topological polar surface area (TPSA) is 66.8 Å². The molecule has 5 nitrogen and oxygen atoms in total. The Hall–Kier alpha value is -0.170. The average Bonchev–Trinajstić information content (AvgIpc) is 2.03. The predicted molar refractivity (Wildman–Crippen MR) is 54.6 cm³/mol. The van der Waals surface area contributed by atoms with E-state index >= 15 is 0 Å². The molecule has 0 aliphatic carbocycles. The third kappa shape index (κ3) is 5.54. The number of rotatable bonds is 7. The Morgan fingerprint density at radius 3 is 2.50 bits per heavy atom. The Morgan fingerprint density at radius 2 is 2.07 bits per heavy atom. The first kappa shape index (κ1) is 13.8. The molecular weight excluding hydrogens is 206 g/mol. The second-order valence-corrected chi connectivity index (χ2v) is 5.34. The molecular formula is C8H19NO4S. The van der Waals surface area contributed by atoms with Crippen molar-refractivity contribution in [3.05, 3.63) is 0 Å². The van der Waals surface area contributed by atoms with E-state index in [2.05, 4.69) is 0 Å². The molecule has 86 valence electrons. The number of ether oxygens (including phenoxy) is 1. The summed E-state index contributed by atoms with van der Waals surface area (Å²) in [5, 5.41) is 9.02. The molecule has 1 unspecified atom stereocenters. The highest BCUT2D eigenvalue weighted by Crippen LogP contribution is 1.99. The monoisotopic (exact) mass is 225 g/mol. The molecule has 6 heteroatoms. The van der Waals surface area contributed by atoms with Crippen molar-refractivity contribution in [2.24, 2.45) is 0 Å². The quantitative estimate of drug-likeness (QED) is 0.602. The van der Waals surface area contributed by atoms with Crippen molar-refractivity contribution < 1.29 is 18.3 Å². The van der Waals surface area contributed by atoms with Gasteiger partial charge in [-0.2, -0.15) is 0 Å². The highest BCUT2D eigenvalue weighted by molar-refractivity contribution is 7.89. The minimum Gasteiger partial charge on any atom is -0.392 e. The molecule has 0 amide bonds. The number of nitrogens with zero attached hydrogens (tertiary/aromatic N) is 1. The smallest absolute Gasteiger partial charge is 0.216 e. The van der Waals surface area contributed by atoms with Crippen molar-refractivity contribution in [2.75, 3.05) is 32.6 Å². The van der Waals surface area contributed by atoms with Crippen LogP contribution in [0, 0.1) is 0 Å². The van der Waals surface area contributed by atoms with Gasteiger partial charge in [0.25, 0.3) is 0 Å². The number of aliphatic hydroxyl groups is 1. The van der Waals surface area contributed by atoms with Crippen LogP contribution >= 0.6 is 0 Å². The van der Waals surface area contributed by atoms with Gasteiger partial charge in [-0.25, -0.2) is 12.7 Å². The standard InChI is InChI=1S/C8H19NO4S/c1-4-13-5-6-14(11,12)9(3)7-8(2)10/h8,10H,4-7H2,1-3H3. The Labute approximate surface area is 85.7 Å². The maximum Gasteiger partial charge on any atom is 0.216 e. The van der Waals surface area contributed by atoms with Gasteiger partial charge in [0.1, 0.15) is 0 Å². The number of likely N-dealkylation sites (N-methyl/N-ethyl adjacent to an activating group) is 1. The van der Waals surface area contributed by atoms with Crippen molar-refractivity contribution in [2.45, 2.75) is 20.0 Å². The van der Waals surface area contributed by atoms with Crippen LogP contribution < -0.4 is 0 Å². The lowest BCUT2D eigenvalue weighted by atomic mass is 10.4. The van der Waals surface area contributed by atoms with E-state index in [-0.39, 0.29) is 18.9 Å². The van der Waals surface area contributed by atoms with E-state index in [9.17, 15) is 8.42 Å². The Kier molecular flexibility index (Phi) is 6.26. The summed E-state index contributed by atoms with van der Waals surface area (Å²) in [6.45, 7) is 4.19. The summed E-state index contributed by atoms with van der Waals surface area (Å²) in [5.74, 6) is -0.0376. The minimum absolute atomic E-state index is 0.0376. The van der Waals surface area contributed by atoms with Crippen LogP contribution in [0.25, 0.3) is 0 Å². The normalized spacial score (nSPS) is 14.6. The van der Waals surface area contributed by atoms with Crippen LogP contribution in [0.1, 0.15) is 13.8 Å². The summed E-state index contributed by atoms with van der Waals surface area (Å²) in [4.78, 5) is 0. The van der Waals surface area contributed by atoms with Gasteiger partial charge in [-0.15, -0.1) is 0 Å². The molecule has 0 rings (SSSR count). The molecule has 0 aliphatic heterocycles. The zero-order chi connectivity index (χ0) is 11.2. The molecule has 0 fully saturated rings. The van der Waals surface area contributed by atoms with Gasteiger partial charge in [-0.3, -0.25) is 0 Å². The van der Waals surface area contributed by atoms with Gasteiger partial charge in [0.05, 0.1) is 18.5 Å². The Morgan fingerprint density at radius 1 is 1.50 bits per heavy atom. The maximum absolute atomic E-state index is 11.5. The van der Waals surface area contributed by atoms with Crippen LogP contribution in [0.2, 0.25) is 0 Å². The summed E-state index contributed by atoms with van der Waals surface area (Å²) in [6.07, 6.45) is -0.651. The molecule has 0 aromatic rings. The van der Waals surface area contributed by atoms with E-state index in [1.807, 2.05) is 6.92 Å². The zero-order valence-corrected chi connectivity index (χ0v) is 9.75. The third-order valence-electron chi connectivity index (χ3n) is 1.69. The second kappa shape index (κ2) is 6.34. The molecule has 0 aromatic heterocycles. The molecule has 0 spiro atoms. The number of hydrogen-bond acceptors (Lipinski definition) is 4. The van der Waals surface area contributed by atoms with E-state index in [1.54, 1.807) is 6.92 Å². The fourth-order valence-electron chi connectivity index (χ4n) is 0.950. The summed E-state index contributed by atoms with van der Waals surface area (Å²) in [5.41, 5.74) is 0. The lowest BCUT2D eigenvalue weighted by molar-refractivity contribution is 0.158. The first-order valence-corrected chi connectivity index (χ1v) is 6.21. The lowest BCUT2D eigenvalue weighted by Gasteiger charge is -2.18. The average molecular weight is 225 g/mol. The van der Waals surface area contributed by atoms with Crippen LogP contribution in [0.3, 0.4) is 0 Å². The molecule has 14 heavy (non-hydrogen) atoms. The van der Waals surface area contributed by atoms with Gasteiger partial charge in [0.15, 0.2) is 0 Å². The maximum atomic E-state index is 11.5. The highest BCUT2D eigenvalue weighted by atomic mass is 32.2. The molecule has 0 heterocycles. The summed E-state index contributed by atoms with van der Waals surface area (Å²) >= 11 is 0. The Balaban J connectivity index is 4.04. The number of aliphatic hydroxyl groups excluding tert-OH is 1. The second-order valence-electron chi connectivity index (χ2n) is 3.14. The predicted octanol–water partition coefficient (Wildman–Crippen LogP) is -0.335. The van der Waals surface area contributed by atoms with Crippen LogP contribution in [-0.4, -0.2) is 56.5 Å². The van der Waals surface area contributed by atoms with E-state index in [1.165, 1.54) is 7.05 Å². The van der Waals surface area contributed by atoms with E-state index < -0.39 is 16.1 Å². The van der Waals surface area contributed by atoms with Gasteiger partial charge in [0, 0.05) is 20.2 Å². The summed E-state index contributed by atoms with van der Waals surface area (Å²) in [7, 11) is -1.83. The van der Waals surface area contributed by atoms with Gasteiger partial charge in [-0.1, -0.05) is 0 Å². The van der Waals surface area contributed by atoms with Gasteiger partial charge in [0.2, 0.25) is 10.0 Å². The zero-order valence-electron chi connectivity index (χ0n) is 8.93. The first-order chi connectivity index (χ1) is 6.40. The molecule has 0 bridgehead atoms. The minimum atomic E-state index is -3.28. The highest BCUT2D eigenvalue weighted by Gasteiger charge is 2.18. The van der Waals surface area contributed by atoms with Crippen molar-refractivity contribution in [1.29, 1.82) is 0 Å². The third-order valence-corrected chi connectivity index (χ3v) is 3.47. The molecule has 1 atom stereocenters. The molecule has 0 aromatic carbocycles. The largest absolute Gasteiger partial charge is 0.392 e. The van der Waals surface area contributed by atoms with Crippen LogP contribution in [-0.2, 0) is 14.8 Å². The Bertz CT molecular complexity index is 238. The van der Waals surface area contributed by atoms with Crippen molar-refractivity contribution >= 4 is 10.0 Å². The van der Waals surface area contributed by atoms with E-state index in [0.717, 1.165) is 4.31 Å². The fourth-order valence-corrected chi connectivity index (χ4v) is 2.03. The van der Waals surface area contributed by atoms with E-state index in [0.29, 0.717) is 6.61 Å². The van der Waals surface area contributed by atoms with Crippen LogP contribution in [0.4, 0.5) is 0 Å². The van der Waals surface area contributed by atoms with Crippen molar-refractivity contribution in [1.82, 2.24) is 4.31 Å². The van der Waals surface area contributed by atoms with E-state index in [4.69, 9.17) is 9.84 Å². The summed E-state index contributed by atoms with van der Waals surface area (Å²) < 4.78 is 29.1.